The van der Waals surface area contributed by atoms with Crippen molar-refractivity contribution in [2.24, 2.45) is 23.7 Å². The highest BCUT2D eigenvalue weighted by Crippen LogP contribution is 2.44. The van der Waals surface area contributed by atoms with Gasteiger partial charge in [0.1, 0.15) is 12.3 Å². The molecule has 0 heterocycles. The van der Waals surface area contributed by atoms with Gasteiger partial charge in [-0.25, -0.2) is 13.2 Å². The smallest absolute Gasteiger partial charge is 0.162 e. The van der Waals surface area contributed by atoms with Crippen molar-refractivity contribution < 1.29 is 13.2 Å². The number of allylic oxidation sites excluding steroid dienone is 2. The summed E-state index contributed by atoms with van der Waals surface area (Å²) in [7, 11) is 0. The van der Waals surface area contributed by atoms with Crippen molar-refractivity contribution in [2.45, 2.75) is 102 Å². The predicted molar refractivity (Wildman–Crippen MR) is 97.8 cm³/mol. The standard InChI is InChI=1S/C22H35F3/c1-2-3-4-15-5-7-16(8-6-15)17-9-11-18(12-10-17)19-13-20(23)22(25)21(24)14-19/h11,15-17,19-22H,2-10,12-14H2,1H3. The van der Waals surface area contributed by atoms with Gasteiger partial charge >= 0.3 is 0 Å². The first kappa shape index (κ1) is 19.3. The summed E-state index contributed by atoms with van der Waals surface area (Å²) >= 11 is 0. The largest absolute Gasteiger partial charge is 0.244 e. The molecule has 144 valence electrons. The molecule has 0 aromatic carbocycles. The van der Waals surface area contributed by atoms with Crippen LogP contribution in [0.3, 0.4) is 0 Å². The molecule has 0 nitrogen and oxygen atoms in total. The van der Waals surface area contributed by atoms with Gasteiger partial charge in [-0.05, 0) is 68.6 Å². The highest BCUT2D eigenvalue weighted by Gasteiger charge is 2.40. The van der Waals surface area contributed by atoms with Crippen LogP contribution < -0.4 is 0 Å². The van der Waals surface area contributed by atoms with E-state index in [0.717, 1.165) is 30.6 Å². The van der Waals surface area contributed by atoms with E-state index in [4.69, 9.17) is 0 Å². The van der Waals surface area contributed by atoms with Gasteiger partial charge in [0.15, 0.2) is 6.17 Å². The van der Waals surface area contributed by atoms with Gasteiger partial charge < -0.3 is 0 Å². The fourth-order valence-corrected chi connectivity index (χ4v) is 5.54. The van der Waals surface area contributed by atoms with Crippen LogP contribution in [0, 0.1) is 23.7 Å². The maximum atomic E-state index is 13.7. The van der Waals surface area contributed by atoms with Crippen LogP contribution in [0.4, 0.5) is 13.2 Å². The van der Waals surface area contributed by atoms with E-state index < -0.39 is 18.5 Å². The normalized spacial score (nSPS) is 42.9. The lowest BCUT2D eigenvalue weighted by molar-refractivity contribution is 0.0243. The Morgan fingerprint density at radius 2 is 1.60 bits per heavy atom. The molecule has 0 aromatic rings. The lowest BCUT2D eigenvalue weighted by Gasteiger charge is -2.38. The maximum absolute atomic E-state index is 13.7. The molecular weight excluding hydrogens is 321 g/mol. The average Bonchev–Trinajstić information content (AvgIpc) is 2.64. The SMILES string of the molecule is CCCCC1CCC(C2CC=C(C3CC(F)C(F)C(F)C3)CC2)CC1. The van der Waals surface area contributed by atoms with Gasteiger partial charge in [0.2, 0.25) is 0 Å². The summed E-state index contributed by atoms with van der Waals surface area (Å²) in [6.45, 7) is 2.27. The Morgan fingerprint density at radius 1 is 0.920 bits per heavy atom. The van der Waals surface area contributed by atoms with Gasteiger partial charge in [-0.1, -0.05) is 50.7 Å². The second-order valence-corrected chi connectivity index (χ2v) is 8.88. The van der Waals surface area contributed by atoms with Gasteiger partial charge in [0.25, 0.3) is 0 Å². The lowest BCUT2D eigenvalue weighted by atomic mass is 9.69. The van der Waals surface area contributed by atoms with Crippen LogP contribution in [0.2, 0.25) is 0 Å². The highest BCUT2D eigenvalue weighted by molar-refractivity contribution is 5.14. The molecule has 0 radical (unpaired) electrons. The molecule has 3 heteroatoms. The van der Waals surface area contributed by atoms with Crippen LogP contribution in [0.25, 0.3) is 0 Å². The monoisotopic (exact) mass is 356 g/mol. The van der Waals surface area contributed by atoms with E-state index in [9.17, 15) is 13.2 Å². The number of hydrogen-bond acceptors (Lipinski definition) is 0. The van der Waals surface area contributed by atoms with E-state index in [0.29, 0.717) is 0 Å². The molecule has 3 aliphatic rings. The Labute approximate surface area is 151 Å². The fourth-order valence-electron chi connectivity index (χ4n) is 5.54. The van der Waals surface area contributed by atoms with Gasteiger partial charge in [0, 0.05) is 0 Å². The molecule has 0 N–H and O–H groups in total. The Hall–Kier alpha value is -0.470. The van der Waals surface area contributed by atoms with Gasteiger partial charge in [-0.15, -0.1) is 0 Å². The Balaban J connectivity index is 1.47. The molecule has 2 saturated carbocycles. The summed E-state index contributed by atoms with van der Waals surface area (Å²) in [5.74, 6) is 2.49. The molecule has 2 fully saturated rings. The third-order valence-corrected chi connectivity index (χ3v) is 7.25. The molecule has 0 saturated heterocycles. The van der Waals surface area contributed by atoms with Crippen molar-refractivity contribution in [3.63, 3.8) is 0 Å². The lowest BCUT2D eigenvalue weighted by Crippen LogP contribution is -2.38. The van der Waals surface area contributed by atoms with Crippen LogP contribution in [-0.2, 0) is 0 Å². The van der Waals surface area contributed by atoms with Crippen LogP contribution in [0.1, 0.15) is 84.0 Å². The van der Waals surface area contributed by atoms with Crippen molar-refractivity contribution in [2.75, 3.05) is 0 Å². The number of alkyl halides is 3. The van der Waals surface area contributed by atoms with Crippen LogP contribution in [0.15, 0.2) is 11.6 Å². The molecule has 3 rings (SSSR count). The zero-order valence-corrected chi connectivity index (χ0v) is 15.7. The second kappa shape index (κ2) is 8.95. The van der Waals surface area contributed by atoms with Gasteiger partial charge in [-0.2, -0.15) is 0 Å². The maximum Gasteiger partial charge on any atom is 0.162 e. The van der Waals surface area contributed by atoms with Crippen LogP contribution >= 0.6 is 0 Å². The minimum atomic E-state index is -1.91. The summed E-state index contributed by atoms with van der Waals surface area (Å²) in [5, 5.41) is 0. The molecular formula is C22H35F3. The molecule has 0 aromatic heterocycles. The summed E-state index contributed by atoms with van der Waals surface area (Å²) in [4.78, 5) is 0. The topological polar surface area (TPSA) is 0 Å². The zero-order chi connectivity index (χ0) is 17.8. The third-order valence-electron chi connectivity index (χ3n) is 7.25. The minimum Gasteiger partial charge on any atom is -0.244 e. The molecule has 0 spiro atoms. The van der Waals surface area contributed by atoms with Crippen LogP contribution in [0.5, 0.6) is 0 Å². The van der Waals surface area contributed by atoms with Crippen molar-refractivity contribution in [3.05, 3.63) is 11.6 Å². The third kappa shape index (κ3) is 4.83. The van der Waals surface area contributed by atoms with Crippen LogP contribution in [-0.4, -0.2) is 18.5 Å². The molecule has 3 atom stereocenters. The summed E-state index contributed by atoms with van der Waals surface area (Å²) in [6.07, 6.45) is 10.3. The van der Waals surface area contributed by atoms with Crippen molar-refractivity contribution >= 4 is 0 Å². The number of hydrogen-bond donors (Lipinski definition) is 0. The minimum absolute atomic E-state index is 0.0669. The molecule has 3 aliphatic carbocycles. The predicted octanol–water partition coefficient (Wildman–Crippen LogP) is 7.13. The van der Waals surface area contributed by atoms with Crippen molar-refractivity contribution in [3.8, 4) is 0 Å². The van der Waals surface area contributed by atoms with E-state index in [1.54, 1.807) is 0 Å². The zero-order valence-electron chi connectivity index (χ0n) is 15.7. The van der Waals surface area contributed by atoms with Crippen molar-refractivity contribution in [1.82, 2.24) is 0 Å². The van der Waals surface area contributed by atoms with E-state index in [1.807, 2.05) is 0 Å². The van der Waals surface area contributed by atoms with E-state index in [-0.39, 0.29) is 18.8 Å². The molecule has 25 heavy (non-hydrogen) atoms. The van der Waals surface area contributed by atoms with Gasteiger partial charge in [-0.3, -0.25) is 0 Å². The van der Waals surface area contributed by atoms with E-state index in [2.05, 4.69) is 13.0 Å². The first-order chi connectivity index (χ1) is 12.1. The first-order valence-electron chi connectivity index (χ1n) is 10.7. The summed E-state index contributed by atoms with van der Waals surface area (Å²) in [6, 6.07) is 0. The average molecular weight is 357 g/mol. The number of rotatable bonds is 5. The van der Waals surface area contributed by atoms with E-state index >= 15 is 0 Å². The first-order valence-corrected chi connectivity index (χ1v) is 10.7. The van der Waals surface area contributed by atoms with Crippen molar-refractivity contribution in [1.29, 1.82) is 0 Å². The Bertz CT molecular complexity index is 427. The number of unbranched alkanes of at least 4 members (excludes halogenated alkanes) is 1. The highest BCUT2D eigenvalue weighted by atomic mass is 19.2. The molecule has 0 aliphatic heterocycles. The molecule has 3 unspecified atom stereocenters. The quantitative estimate of drug-likeness (QED) is 0.459. The second-order valence-electron chi connectivity index (χ2n) is 8.88. The number of halogens is 3. The summed E-state index contributed by atoms with van der Waals surface area (Å²) < 4.78 is 40.7. The summed E-state index contributed by atoms with van der Waals surface area (Å²) in [5.41, 5.74) is 1.21. The fraction of sp³-hybridized carbons (Fsp3) is 0.909. The molecule has 0 amide bonds. The van der Waals surface area contributed by atoms with Gasteiger partial charge in [0.05, 0.1) is 0 Å². The van der Waals surface area contributed by atoms with E-state index in [1.165, 1.54) is 56.9 Å². The Morgan fingerprint density at radius 3 is 2.16 bits per heavy atom. The molecule has 0 bridgehead atoms. The Kier molecular flexibility index (Phi) is 6.91.